The zero-order valence-corrected chi connectivity index (χ0v) is 20.1. The Kier molecular flexibility index (Phi) is 5.70. The molecule has 1 aliphatic heterocycles. The Hall–Kier alpha value is -2.06. The summed E-state index contributed by atoms with van der Waals surface area (Å²) in [6.45, 7) is 1.37. The molecular formula is C20H22FIN6O3S. The van der Waals surface area contributed by atoms with E-state index in [9.17, 15) is 12.8 Å². The van der Waals surface area contributed by atoms with Gasteiger partial charge in [-0.1, -0.05) is 0 Å². The van der Waals surface area contributed by atoms with Gasteiger partial charge < -0.3 is 15.0 Å². The quantitative estimate of drug-likeness (QED) is 0.241. The molecule has 12 heteroatoms. The maximum absolute atomic E-state index is 13.9. The van der Waals surface area contributed by atoms with Crippen LogP contribution in [0, 0.1) is 9.65 Å². The van der Waals surface area contributed by atoms with Crippen LogP contribution in [-0.4, -0.2) is 46.3 Å². The second-order valence-corrected chi connectivity index (χ2v) is 11.3. The largest absolute Gasteiger partial charge is 0.493 e. The predicted octanol–water partition coefficient (Wildman–Crippen LogP) is 2.15. The van der Waals surface area contributed by atoms with Crippen molar-refractivity contribution in [1.82, 2.24) is 24.2 Å². The van der Waals surface area contributed by atoms with E-state index < -0.39 is 16.1 Å². The van der Waals surface area contributed by atoms with Crippen LogP contribution in [0.5, 0.6) is 5.75 Å². The number of sulfonamides is 1. The van der Waals surface area contributed by atoms with Crippen molar-refractivity contribution in [3.05, 3.63) is 38.7 Å². The average Bonchev–Trinajstić information content (AvgIpc) is 3.42. The van der Waals surface area contributed by atoms with Gasteiger partial charge in [0.15, 0.2) is 17.0 Å². The van der Waals surface area contributed by atoms with E-state index in [2.05, 4.69) is 48.3 Å². The Morgan fingerprint density at radius 3 is 2.88 bits per heavy atom. The van der Waals surface area contributed by atoms with Gasteiger partial charge in [-0.2, -0.15) is 14.4 Å². The van der Waals surface area contributed by atoms with Crippen LogP contribution >= 0.6 is 22.6 Å². The van der Waals surface area contributed by atoms with E-state index in [1.807, 2.05) is 6.07 Å². The van der Waals surface area contributed by atoms with Crippen LogP contribution in [0.2, 0.25) is 0 Å². The highest BCUT2D eigenvalue weighted by Crippen LogP contribution is 2.31. The average molecular weight is 572 g/mol. The van der Waals surface area contributed by atoms with Gasteiger partial charge in [-0.15, -0.1) is 0 Å². The van der Waals surface area contributed by atoms with E-state index in [1.54, 1.807) is 4.57 Å². The van der Waals surface area contributed by atoms with Crippen LogP contribution in [0.3, 0.4) is 0 Å². The molecule has 170 valence electrons. The number of imidazole rings is 1. The third-order valence-corrected chi connectivity index (χ3v) is 8.67. The van der Waals surface area contributed by atoms with Crippen LogP contribution in [0.4, 0.5) is 10.2 Å². The minimum absolute atomic E-state index is 0.0195. The van der Waals surface area contributed by atoms with Gasteiger partial charge in [-0.3, -0.25) is 0 Å². The number of hydrogen-bond donors (Lipinski definition) is 2. The number of benzene rings is 1. The van der Waals surface area contributed by atoms with Gasteiger partial charge in [0.25, 0.3) is 0 Å². The molecule has 5 rings (SSSR count). The number of nitrogens with zero attached hydrogens (tertiary/aromatic N) is 4. The molecule has 0 atom stereocenters. The van der Waals surface area contributed by atoms with Gasteiger partial charge in [0, 0.05) is 29.5 Å². The SMILES string of the molecule is Nc1nc(F)nc2c1nc(Cc1cc3c(cc1I)CCO3)n2CCCNS(=O)(=O)C1CC1. The molecule has 3 N–H and O–H groups in total. The normalized spacial score (nSPS) is 15.8. The number of halogens is 2. The van der Waals surface area contributed by atoms with Crippen molar-refractivity contribution in [2.45, 2.75) is 43.9 Å². The fourth-order valence-corrected chi connectivity index (χ4v) is 6.04. The van der Waals surface area contributed by atoms with E-state index in [0.717, 1.165) is 21.3 Å². The molecule has 32 heavy (non-hydrogen) atoms. The molecule has 3 aromatic rings. The smallest absolute Gasteiger partial charge is 0.312 e. The van der Waals surface area contributed by atoms with Gasteiger partial charge in [0.05, 0.1) is 11.9 Å². The van der Waals surface area contributed by atoms with Gasteiger partial charge in [0.1, 0.15) is 11.6 Å². The maximum atomic E-state index is 13.9. The number of aryl methyl sites for hydroxylation is 1. The summed E-state index contributed by atoms with van der Waals surface area (Å²) in [5.41, 5.74) is 8.77. The molecule has 0 saturated heterocycles. The van der Waals surface area contributed by atoms with Gasteiger partial charge in [-0.25, -0.2) is 18.1 Å². The van der Waals surface area contributed by atoms with Crippen LogP contribution < -0.4 is 15.2 Å². The predicted molar refractivity (Wildman–Crippen MR) is 125 cm³/mol. The van der Waals surface area contributed by atoms with E-state index >= 15 is 0 Å². The number of fused-ring (bicyclic) bond motifs is 2. The summed E-state index contributed by atoms with van der Waals surface area (Å²) in [4.78, 5) is 12.1. The van der Waals surface area contributed by atoms with E-state index in [-0.39, 0.29) is 17.6 Å². The summed E-state index contributed by atoms with van der Waals surface area (Å²) < 4.78 is 49.3. The summed E-state index contributed by atoms with van der Waals surface area (Å²) >= 11 is 2.30. The minimum Gasteiger partial charge on any atom is -0.493 e. The topological polar surface area (TPSA) is 125 Å². The Morgan fingerprint density at radius 2 is 2.09 bits per heavy atom. The molecule has 0 radical (unpaired) electrons. The molecule has 0 amide bonds. The Balaban J connectivity index is 1.43. The molecule has 2 aliphatic rings. The first-order chi connectivity index (χ1) is 15.3. The first-order valence-corrected chi connectivity index (χ1v) is 13.0. The second-order valence-electron chi connectivity index (χ2n) is 8.05. The molecule has 1 aromatic carbocycles. The third-order valence-electron chi connectivity index (χ3n) is 5.71. The maximum Gasteiger partial charge on any atom is 0.312 e. The number of anilines is 1. The standard InChI is InChI=1S/C20H22FIN6O3S/c21-20-26-18(23)17-19(27-20)28(6-1-5-24-32(29,30)13-2-3-13)16(25-17)10-12-9-15-11(4-7-31-15)8-14(12)22/h8-9,13,24H,1-7,10H2,(H2,23,26,27). The summed E-state index contributed by atoms with van der Waals surface area (Å²) in [6.07, 6.45) is 2.37. The summed E-state index contributed by atoms with van der Waals surface area (Å²) in [5, 5.41) is -0.266. The molecule has 1 aliphatic carbocycles. The number of nitrogens with two attached hydrogens (primary N) is 1. The molecule has 3 heterocycles. The Morgan fingerprint density at radius 1 is 1.28 bits per heavy atom. The first kappa shape index (κ1) is 21.8. The van der Waals surface area contributed by atoms with Crippen LogP contribution in [0.1, 0.15) is 36.2 Å². The molecule has 0 spiro atoms. The number of aromatic nitrogens is 4. The number of hydrogen-bond acceptors (Lipinski definition) is 7. The zero-order valence-electron chi connectivity index (χ0n) is 17.1. The monoisotopic (exact) mass is 572 g/mol. The molecule has 9 nitrogen and oxygen atoms in total. The lowest BCUT2D eigenvalue weighted by Crippen LogP contribution is -2.28. The van der Waals surface area contributed by atoms with Crippen molar-refractivity contribution in [3.63, 3.8) is 0 Å². The number of ether oxygens (including phenoxy) is 1. The molecule has 1 fully saturated rings. The number of rotatable bonds is 8. The van der Waals surface area contributed by atoms with Gasteiger partial charge in [0.2, 0.25) is 10.0 Å². The lowest BCUT2D eigenvalue weighted by atomic mass is 10.1. The van der Waals surface area contributed by atoms with Crippen molar-refractivity contribution in [2.24, 2.45) is 0 Å². The third kappa shape index (κ3) is 4.27. The van der Waals surface area contributed by atoms with Gasteiger partial charge >= 0.3 is 6.08 Å². The minimum atomic E-state index is -3.25. The van der Waals surface area contributed by atoms with Crippen LogP contribution in [-0.2, 0) is 29.4 Å². The molecule has 1 saturated carbocycles. The van der Waals surface area contributed by atoms with Crippen molar-refractivity contribution in [2.75, 3.05) is 18.9 Å². The van der Waals surface area contributed by atoms with E-state index in [0.29, 0.717) is 55.8 Å². The summed E-state index contributed by atoms with van der Waals surface area (Å²) in [6, 6.07) is 4.14. The van der Waals surface area contributed by atoms with Crippen molar-refractivity contribution < 1.29 is 17.5 Å². The lowest BCUT2D eigenvalue weighted by molar-refractivity contribution is 0.356. The second kappa shape index (κ2) is 8.37. The highest BCUT2D eigenvalue weighted by Gasteiger charge is 2.35. The van der Waals surface area contributed by atoms with Crippen LogP contribution in [0.25, 0.3) is 11.2 Å². The molecule has 0 unspecified atom stereocenters. The van der Waals surface area contributed by atoms with E-state index in [1.165, 1.54) is 5.56 Å². The highest BCUT2D eigenvalue weighted by atomic mass is 127. The van der Waals surface area contributed by atoms with Crippen LogP contribution in [0.15, 0.2) is 12.1 Å². The highest BCUT2D eigenvalue weighted by molar-refractivity contribution is 14.1. The summed E-state index contributed by atoms with van der Waals surface area (Å²) in [5.74, 6) is 1.52. The fraction of sp³-hybridized carbons (Fsp3) is 0.450. The van der Waals surface area contributed by atoms with E-state index in [4.69, 9.17) is 10.5 Å². The van der Waals surface area contributed by atoms with Crippen molar-refractivity contribution >= 4 is 49.6 Å². The molecule has 2 aromatic heterocycles. The van der Waals surface area contributed by atoms with Crippen molar-refractivity contribution in [1.29, 1.82) is 0 Å². The fourth-order valence-electron chi connectivity index (χ4n) is 3.90. The lowest BCUT2D eigenvalue weighted by Gasteiger charge is -2.11. The Bertz CT molecular complexity index is 1310. The molecule has 0 bridgehead atoms. The van der Waals surface area contributed by atoms with Gasteiger partial charge in [-0.05, 0) is 65.1 Å². The molecular weight excluding hydrogens is 550 g/mol. The number of nitrogen functional groups attached to an aromatic ring is 1. The zero-order chi connectivity index (χ0) is 22.5. The van der Waals surface area contributed by atoms with Crippen molar-refractivity contribution in [3.8, 4) is 5.75 Å². The summed E-state index contributed by atoms with van der Waals surface area (Å²) in [7, 11) is -3.25. The first-order valence-electron chi connectivity index (χ1n) is 10.4. The number of nitrogens with one attached hydrogen (secondary N) is 1. The Labute approximate surface area is 198 Å².